The lowest BCUT2D eigenvalue weighted by atomic mass is 10.1. The number of benzene rings is 1. The van der Waals surface area contributed by atoms with Gasteiger partial charge in [-0.2, -0.15) is 5.10 Å². The van der Waals surface area contributed by atoms with Crippen LogP contribution in [0.15, 0.2) is 24.4 Å². The first kappa shape index (κ1) is 15.1. The third-order valence-corrected chi connectivity index (χ3v) is 3.35. The second kappa shape index (κ2) is 6.43. The van der Waals surface area contributed by atoms with E-state index in [4.69, 9.17) is 0 Å². The van der Waals surface area contributed by atoms with E-state index < -0.39 is 0 Å². The van der Waals surface area contributed by atoms with Crippen LogP contribution in [0.25, 0.3) is 0 Å². The maximum Gasteiger partial charge on any atom is 0.221 e. The van der Waals surface area contributed by atoms with E-state index in [0.717, 1.165) is 35.6 Å². The predicted molar refractivity (Wildman–Crippen MR) is 85.4 cm³/mol. The van der Waals surface area contributed by atoms with E-state index in [1.165, 1.54) is 12.5 Å². The van der Waals surface area contributed by atoms with Gasteiger partial charge in [0.1, 0.15) is 0 Å². The van der Waals surface area contributed by atoms with Crippen LogP contribution in [0.5, 0.6) is 0 Å². The van der Waals surface area contributed by atoms with Gasteiger partial charge in [-0.1, -0.05) is 13.0 Å². The molecule has 0 atom stereocenters. The van der Waals surface area contributed by atoms with E-state index in [2.05, 4.69) is 22.7 Å². The standard InChI is InChI=1S/C16H22N4O/c1-5-15-13(10-20(4)19-15)9-17-16-8-14(18-12(3)21)7-6-11(16)2/h6-8,10,17H,5,9H2,1-4H3,(H,18,21). The Morgan fingerprint density at radius 1 is 1.38 bits per heavy atom. The van der Waals surface area contributed by atoms with Gasteiger partial charge in [0.15, 0.2) is 0 Å². The number of carbonyl (C=O) groups excluding carboxylic acids is 1. The maximum atomic E-state index is 11.1. The second-order valence-corrected chi connectivity index (χ2v) is 5.19. The van der Waals surface area contributed by atoms with Crippen LogP contribution < -0.4 is 10.6 Å². The third kappa shape index (κ3) is 3.84. The third-order valence-electron chi connectivity index (χ3n) is 3.35. The van der Waals surface area contributed by atoms with E-state index in [0.29, 0.717) is 0 Å². The quantitative estimate of drug-likeness (QED) is 0.888. The molecular formula is C16H22N4O. The molecule has 0 aliphatic rings. The van der Waals surface area contributed by atoms with Gasteiger partial charge in [-0.05, 0) is 31.0 Å². The minimum Gasteiger partial charge on any atom is -0.381 e. The fourth-order valence-corrected chi connectivity index (χ4v) is 2.31. The first-order chi connectivity index (χ1) is 9.99. The van der Waals surface area contributed by atoms with Crippen molar-refractivity contribution in [1.82, 2.24) is 9.78 Å². The number of anilines is 2. The van der Waals surface area contributed by atoms with Crippen LogP contribution in [0, 0.1) is 6.92 Å². The van der Waals surface area contributed by atoms with Gasteiger partial charge in [-0.25, -0.2) is 0 Å². The molecule has 5 heteroatoms. The molecule has 2 rings (SSSR count). The molecule has 112 valence electrons. The van der Waals surface area contributed by atoms with Crippen molar-refractivity contribution in [2.24, 2.45) is 7.05 Å². The van der Waals surface area contributed by atoms with E-state index in [-0.39, 0.29) is 5.91 Å². The molecule has 0 aliphatic heterocycles. The van der Waals surface area contributed by atoms with Crippen LogP contribution in [0.4, 0.5) is 11.4 Å². The van der Waals surface area contributed by atoms with Crippen LogP contribution in [0.3, 0.4) is 0 Å². The van der Waals surface area contributed by atoms with E-state index in [1.54, 1.807) is 0 Å². The molecule has 0 radical (unpaired) electrons. The monoisotopic (exact) mass is 286 g/mol. The van der Waals surface area contributed by atoms with Crippen LogP contribution in [-0.2, 0) is 24.8 Å². The second-order valence-electron chi connectivity index (χ2n) is 5.19. The Balaban J connectivity index is 2.13. The highest BCUT2D eigenvalue weighted by molar-refractivity contribution is 5.89. The first-order valence-electron chi connectivity index (χ1n) is 7.13. The molecule has 0 spiro atoms. The van der Waals surface area contributed by atoms with E-state index in [1.807, 2.05) is 43.0 Å². The highest BCUT2D eigenvalue weighted by atomic mass is 16.1. The summed E-state index contributed by atoms with van der Waals surface area (Å²) in [5, 5.41) is 10.7. The van der Waals surface area contributed by atoms with Gasteiger partial charge in [0.05, 0.1) is 5.69 Å². The van der Waals surface area contributed by atoms with Gasteiger partial charge >= 0.3 is 0 Å². The summed E-state index contributed by atoms with van der Waals surface area (Å²) in [6.07, 6.45) is 2.96. The fourth-order valence-electron chi connectivity index (χ4n) is 2.31. The lowest BCUT2D eigenvalue weighted by Crippen LogP contribution is -2.07. The summed E-state index contributed by atoms with van der Waals surface area (Å²) in [5.74, 6) is -0.0645. The molecule has 1 aromatic heterocycles. The molecular weight excluding hydrogens is 264 g/mol. The number of nitrogens with zero attached hydrogens (tertiary/aromatic N) is 2. The number of amides is 1. The molecule has 0 unspecified atom stereocenters. The molecule has 0 fully saturated rings. The van der Waals surface area contributed by atoms with Crippen LogP contribution in [0.1, 0.15) is 30.7 Å². The topological polar surface area (TPSA) is 59.0 Å². The lowest BCUT2D eigenvalue weighted by molar-refractivity contribution is -0.114. The zero-order chi connectivity index (χ0) is 15.4. The Labute approximate surface area is 125 Å². The van der Waals surface area contributed by atoms with E-state index in [9.17, 15) is 4.79 Å². The molecule has 2 N–H and O–H groups in total. The minimum absolute atomic E-state index is 0.0645. The molecule has 0 bridgehead atoms. The number of carbonyl (C=O) groups is 1. The van der Waals surface area contributed by atoms with Crippen molar-refractivity contribution in [2.45, 2.75) is 33.7 Å². The number of nitrogens with one attached hydrogen (secondary N) is 2. The van der Waals surface area contributed by atoms with Gasteiger partial charge in [0.25, 0.3) is 0 Å². The molecule has 5 nitrogen and oxygen atoms in total. The normalized spacial score (nSPS) is 10.5. The SMILES string of the molecule is CCc1nn(C)cc1CNc1cc(NC(C)=O)ccc1C. The fraction of sp³-hybridized carbons (Fsp3) is 0.375. The molecule has 0 aliphatic carbocycles. The Kier molecular flexibility index (Phi) is 4.62. The predicted octanol–water partition coefficient (Wildman–Crippen LogP) is 2.86. The van der Waals surface area contributed by atoms with Crippen molar-refractivity contribution in [1.29, 1.82) is 0 Å². The molecule has 1 aromatic carbocycles. The van der Waals surface area contributed by atoms with Gasteiger partial charge in [-0.3, -0.25) is 9.48 Å². The van der Waals surface area contributed by atoms with E-state index >= 15 is 0 Å². The number of hydrogen-bond donors (Lipinski definition) is 2. The average molecular weight is 286 g/mol. The molecule has 1 amide bonds. The van der Waals surface area contributed by atoms with Crippen molar-refractivity contribution in [3.63, 3.8) is 0 Å². The molecule has 21 heavy (non-hydrogen) atoms. The van der Waals surface area contributed by atoms with Crippen molar-refractivity contribution >= 4 is 17.3 Å². The lowest BCUT2D eigenvalue weighted by Gasteiger charge is -2.12. The molecule has 0 saturated carbocycles. The van der Waals surface area contributed by atoms with Crippen molar-refractivity contribution < 1.29 is 4.79 Å². The highest BCUT2D eigenvalue weighted by Crippen LogP contribution is 2.21. The summed E-state index contributed by atoms with van der Waals surface area (Å²) in [4.78, 5) is 11.1. The highest BCUT2D eigenvalue weighted by Gasteiger charge is 2.07. The summed E-state index contributed by atoms with van der Waals surface area (Å²) < 4.78 is 1.84. The number of aromatic nitrogens is 2. The number of rotatable bonds is 5. The van der Waals surface area contributed by atoms with Crippen LogP contribution >= 0.6 is 0 Å². The smallest absolute Gasteiger partial charge is 0.221 e. The Hall–Kier alpha value is -2.30. The average Bonchev–Trinajstić information content (AvgIpc) is 2.79. The zero-order valence-electron chi connectivity index (χ0n) is 13.0. The number of aryl methyl sites for hydroxylation is 3. The van der Waals surface area contributed by atoms with Gasteiger partial charge < -0.3 is 10.6 Å². The summed E-state index contributed by atoms with van der Waals surface area (Å²) in [6, 6.07) is 5.86. The Morgan fingerprint density at radius 2 is 2.14 bits per heavy atom. The van der Waals surface area contributed by atoms with Gasteiger partial charge in [0.2, 0.25) is 5.91 Å². The van der Waals surface area contributed by atoms with Crippen molar-refractivity contribution in [3.05, 3.63) is 41.2 Å². The van der Waals surface area contributed by atoms with Gasteiger partial charge in [-0.15, -0.1) is 0 Å². The largest absolute Gasteiger partial charge is 0.381 e. The maximum absolute atomic E-state index is 11.1. The molecule has 0 saturated heterocycles. The van der Waals surface area contributed by atoms with Gasteiger partial charge in [0, 0.05) is 43.7 Å². The molecule has 2 aromatic rings. The first-order valence-corrected chi connectivity index (χ1v) is 7.13. The number of hydrogen-bond acceptors (Lipinski definition) is 3. The van der Waals surface area contributed by atoms with Crippen molar-refractivity contribution in [3.8, 4) is 0 Å². The minimum atomic E-state index is -0.0645. The Morgan fingerprint density at radius 3 is 2.81 bits per heavy atom. The van der Waals surface area contributed by atoms with Crippen molar-refractivity contribution in [2.75, 3.05) is 10.6 Å². The summed E-state index contributed by atoms with van der Waals surface area (Å²) in [5.41, 5.74) is 5.28. The van der Waals surface area contributed by atoms with Crippen LogP contribution in [0.2, 0.25) is 0 Å². The molecule has 1 heterocycles. The summed E-state index contributed by atoms with van der Waals surface area (Å²) >= 11 is 0. The summed E-state index contributed by atoms with van der Waals surface area (Å²) in [7, 11) is 1.94. The van der Waals surface area contributed by atoms with Crippen LogP contribution in [-0.4, -0.2) is 15.7 Å². The Bertz CT molecular complexity index is 646. The summed E-state index contributed by atoms with van der Waals surface area (Å²) in [6.45, 7) is 6.38. The zero-order valence-corrected chi connectivity index (χ0v) is 13.0.